The molecular formula is C16H30IN5O. The Bertz CT molecular complexity index is 471. The number of aliphatic imine (C=N–C) groups is 1. The highest BCUT2D eigenvalue weighted by Crippen LogP contribution is 2.13. The molecule has 1 aliphatic heterocycles. The summed E-state index contributed by atoms with van der Waals surface area (Å²) < 4.78 is 7.63. The van der Waals surface area contributed by atoms with Crippen LogP contribution in [0.4, 0.5) is 0 Å². The number of imidazole rings is 1. The third-order valence-electron chi connectivity index (χ3n) is 4.16. The van der Waals surface area contributed by atoms with Gasteiger partial charge in [-0.1, -0.05) is 0 Å². The number of hydrogen-bond acceptors (Lipinski definition) is 3. The molecule has 0 amide bonds. The molecular weight excluding hydrogens is 405 g/mol. The number of aryl methyl sites for hydroxylation is 2. The first kappa shape index (κ1) is 20.2. The number of guanidine groups is 1. The van der Waals surface area contributed by atoms with Crippen molar-refractivity contribution in [3.8, 4) is 0 Å². The maximum Gasteiger partial charge on any atom is 0.193 e. The first-order valence-electron chi connectivity index (χ1n) is 8.18. The standard InChI is InChI=1S/C16H29N5O.HI/c1-14-18-8-10-21(14)9-5-4-7-19-16(17-2)20(3)12-15-6-11-22-13-15;/h8,10,15H,4-7,9,11-13H2,1-3H3,(H,17,19);1H. The van der Waals surface area contributed by atoms with Crippen molar-refractivity contribution in [2.24, 2.45) is 10.9 Å². The lowest BCUT2D eigenvalue weighted by atomic mass is 10.1. The zero-order valence-electron chi connectivity index (χ0n) is 14.5. The molecule has 23 heavy (non-hydrogen) atoms. The minimum absolute atomic E-state index is 0. The Labute approximate surface area is 156 Å². The molecule has 0 aliphatic carbocycles. The highest BCUT2D eigenvalue weighted by Gasteiger charge is 2.18. The predicted octanol–water partition coefficient (Wildman–Crippen LogP) is 2.13. The summed E-state index contributed by atoms with van der Waals surface area (Å²) in [5.74, 6) is 2.70. The van der Waals surface area contributed by atoms with Gasteiger partial charge < -0.3 is 19.5 Å². The van der Waals surface area contributed by atoms with Gasteiger partial charge in [-0.15, -0.1) is 24.0 Å². The maximum absolute atomic E-state index is 5.44. The number of hydrogen-bond donors (Lipinski definition) is 1. The summed E-state index contributed by atoms with van der Waals surface area (Å²) in [5.41, 5.74) is 0. The Kier molecular flexibility index (Phi) is 9.54. The second-order valence-electron chi connectivity index (χ2n) is 5.96. The van der Waals surface area contributed by atoms with E-state index in [0.717, 1.165) is 63.9 Å². The first-order valence-corrected chi connectivity index (χ1v) is 8.18. The molecule has 1 unspecified atom stereocenters. The van der Waals surface area contributed by atoms with Crippen LogP contribution in [0.1, 0.15) is 25.1 Å². The molecule has 132 valence electrons. The number of ether oxygens (including phenoxy) is 1. The molecule has 6 nitrogen and oxygen atoms in total. The van der Waals surface area contributed by atoms with E-state index in [9.17, 15) is 0 Å². The summed E-state index contributed by atoms with van der Waals surface area (Å²) in [6, 6.07) is 0. The lowest BCUT2D eigenvalue weighted by Crippen LogP contribution is -2.41. The van der Waals surface area contributed by atoms with Crippen molar-refractivity contribution >= 4 is 29.9 Å². The van der Waals surface area contributed by atoms with Crippen LogP contribution in [0.3, 0.4) is 0 Å². The van der Waals surface area contributed by atoms with E-state index in [1.165, 1.54) is 0 Å². The van der Waals surface area contributed by atoms with Gasteiger partial charge in [0.05, 0.1) is 6.61 Å². The fraction of sp³-hybridized carbons (Fsp3) is 0.750. The van der Waals surface area contributed by atoms with Gasteiger partial charge in [0.15, 0.2) is 5.96 Å². The molecule has 1 saturated heterocycles. The van der Waals surface area contributed by atoms with Gasteiger partial charge in [-0.25, -0.2) is 4.98 Å². The van der Waals surface area contributed by atoms with Crippen molar-refractivity contribution in [1.82, 2.24) is 19.8 Å². The van der Waals surface area contributed by atoms with Gasteiger partial charge in [-0.2, -0.15) is 0 Å². The molecule has 1 aromatic rings. The molecule has 1 aromatic heterocycles. The van der Waals surface area contributed by atoms with E-state index in [1.807, 2.05) is 26.4 Å². The number of nitrogens with one attached hydrogen (secondary N) is 1. The van der Waals surface area contributed by atoms with Crippen LogP contribution in [0.25, 0.3) is 0 Å². The van der Waals surface area contributed by atoms with Gasteiger partial charge >= 0.3 is 0 Å². The summed E-state index contributed by atoms with van der Waals surface area (Å²) in [5, 5.41) is 3.45. The monoisotopic (exact) mass is 435 g/mol. The van der Waals surface area contributed by atoms with E-state index in [4.69, 9.17) is 4.74 Å². The lowest BCUT2D eigenvalue weighted by Gasteiger charge is -2.24. The van der Waals surface area contributed by atoms with Crippen molar-refractivity contribution in [3.05, 3.63) is 18.2 Å². The highest BCUT2D eigenvalue weighted by atomic mass is 127. The summed E-state index contributed by atoms with van der Waals surface area (Å²) in [4.78, 5) is 10.8. The fourth-order valence-electron chi connectivity index (χ4n) is 2.83. The van der Waals surface area contributed by atoms with Crippen LogP contribution in [-0.4, -0.2) is 60.8 Å². The minimum atomic E-state index is 0. The number of aromatic nitrogens is 2. The molecule has 0 bridgehead atoms. The molecule has 1 fully saturated rings. The van der Waals surface area contributed by atoms with Crippen LogP contribution in [0.2, 0.25) is 0 Å². The van der Waals surface area contributed by atoms with Crippen molar-refractivity contribution in [2.75, 3.05) is 40.4 Å². The second kappa shape index (κ2) is 10.9. The van der Waals surface area contributed by atoms with Crippen LogP contribution < -0.4 is 5.32 Å². The molecule has 0 spiro atoms. The summed E-state index contributed by atoms with van der Waals surface area (Å²) in [6.07, 6.45) is 7.32. The van der Waals surface area contributed by atoms with Gasteiger partial charge in [0.2, 0.25) is 0 Å². The Morgan fingerprint density at radius 3 is 2.96 bits per heavy atom. The third-order valence-corrected chi connectivity index (χ3v) is 4.16. The van der Waals surface area contributed by atoms with Crippen LogP contribution in [-0.2, 0) is 11.3 Å². The van der Waals surface area contributed by atoms with Gasteiger partial charge in [0, 0.05) is 58.6 Å². The molecule has 1 N–H and O–H groups in total. The largest absolute Gasteiger partial charge is 0.381 e. The average molecular weight is 435 g/mol. The van der Waals surface area contributed by atoms with E-state index in [0.29, 0.717) is 5.92 Å². The Hall–Kier alpha value is -0.830. The normalized spacial score (nSPS) is 17.9. The second-order valence-corrected chi connectivity index (χ2v) is 5.96. The van der Waals surface area contributed by atoms with E-state index in [-0.39, 0.29) is 24.0 Å². The molecule has 2 rings (SSSR count). The molecule has 2 heterocycles. The molecule has 7 heteroatoms. The van der Waals surface area contributed by atoms with Crippen LogP contribution in [0, 0.1) is 12.8 Å². The van der Waals surface area contributed by atoms with E-state index in [2.05, 4.69) is 31.8 Å². The lowest BCUT2D eigenvalue weighted by molar-refractivity contribution is 0.181. The first-order chi connectivity index (χ1) is 10.7. The fourth-order valence-corrected chi connectivity index (χ4v) is 2.83. The van der Waals surface area contributed by atoms with Gasteiger partial charge in [-0.05, 0) is 26.2 Å². The quantitative estimate of drug-likeness (QED) is 0.309. The summed E-state index contributed by atoms with van der Waals surface area (Å²) >= 11 is 0. The SMILES string of the molecule is CN=C(NCCCCn1ccnc1C)N(C)CC1CCOC1.I. The zero-order valence-corrected chi connectivity index (χ0v) is 16.8. The highest BCUT2D eigenvalue weighted by molar-refractivity contribution is 14.0. The van der Waals surface area contributed by atoms with Crippen molar-refractivity contribution < 1.29 is 4.74 Å². The smallest absolute Gasteiger partial charge is 0.193 e. The van der Waals surface area contributed by atoms with Crippen LogP contribution in [0.5, 0.6) is 0 Å². The topological polar surface area (TPSA) is 54.7 Å². The van der Waals surface area contributed by atoms with Crippen LogP contribution in [0.15, 0.2) is 17.4 Å². The summed E-state index contributed by atoms with van der Waals surface area (Å²) in [6.45, 7) is 6.81. The Morgan fingerprint density at radius 2 is 2.35 bits per heavy atom. The van der Waals surface area contributed by atoms with Crippen molar-refractivity contribution in [3.63, 3.8) is 0 Å². The molecule has 1 atom stereocenters. The number of nitrogens with zero attached hydrogens (tertiary/aromatic N) is 4. The average Bonchev–Trinajstić information content (AvgIpc) is 3.15. The van der Waals surface area contributed by atoms with Gasteiger partial charge in [0.1, 0.15) is 5.82 Å². The number of halogens is 1. The molecule has 0 aromatic carbocycles. The number of rotatable bonds is 7. The minimum Gasteiger partial charge on any atom is -0.381 e. The Morgan fingerprint density at radius 1 is 1.52 bits per heavy atom. The van der Waals surface area contributed by atoms with Crippen molar-refractivity contribution in [2.45, 2.75) is 32.7 Å². The van der Waals surface area contributed by atoms with E-state index >= 15 is 0 Å². The van der Waals surface area contributed by atoms with Crippen molar-refractivity contribution in [1.29, 1.82) is 0 Å². The predicted molar refractivity (Wildman–Crippen MR) is 105 cm³/mol. The van der Waals surface area contributed by atoms with Gasteiger partial charge in [0.25, 0.3) is 0 Å². The van der Waals surface area contributed by atoms with Crippen LogP contribution >= 0.6 is 24.0 Å². The maximum atomic E-state index is 5.44. The zero-order chi connectivity index (χ0) is 15.8. The van der Waals surface area contributed by atoms with Gasteiger partial charge in [-0.3, -0.25) is 4.99 Å². The third kappa shape index (κ3) is 6.66. The molecule has 0 saturated carbocycles. The molecule has 1 aliphatic rings. The number of unbranched alkanes of at least 4 members (excludes halogenated alkanes) is 1. The van der Waals surface area contributed by atoms with E-state index in [1.54, 1.807) is 0 Å². The van der Waals surface area contributed by atoms with E-state index < -0.39 is 0 Å². The Balaban J connectivity index is 0.00000264. The summed E-state index contributed by atoms with van der Waals surface area (Å²) in [7, 11) is 3.95. The molecule has 0 radical (unpaired) electrons.